The molecule has 0 saturated carbocycles. The maximum absolute atomic E-state index is 12.3. The van der Waals surface area contributed by atoms with Crippen LogP contribution in [0.5, 0.6) is 0 Å². The minimum atomic E-state index is -0.393. The minimum Gasteiger partial charge on any atom is -0.298 e. The van der Waals surface area contributed by atoms with Crippen molar-refractivity contribution >= 4 is 51.4 Å². The van der Waals surface area contributed by atoms with Crippen LogP contribution in [-0.2, 0) is 6.42 Å². The Bertz CT molecular complexity index is 814. The van der Waals surface area contributed by atoms with Gasteiger partial charge in [-0.15, -0.1) is 0 Å². The molecule has 0 bridgehead atoms. The van der Waals surface area contributed by atoms with Crippen LogP contribution in [-0.4, -0.2) is 16.7 Å². The van der Waals surface area contributed by atoms with Gasteiger partial charge in [-0.25, -0.2) is 4.98 Å². The molecule has 0 spiro atoms. The Labute approximate surface area is 147 Å². The molecular formula is C16H14Cl2N2O2S. The molecule has 4 nitrogen and oxygen atoms in total. The quantitative estimate of drug-likeness (QED) is 0.823. The van der Waals surface area contributed by atoms with Crippen molar-refractivity contribution in [1.82, 2.24) is 4.98 Å². The zero-order valence-corrected chi connectivity index (χ0v) is 14.9. The van der Waals surface area contributed by atoms with Crippen molar-refractivity contribution in [2.75, 3.05) is 5.32 Å². The summed E-state index contributed by atoms with van der Waals surface area (Å²) in [5, 5.41) is 3.62. The van der Waals surface area contributed by atoms with Gasteiger partial charge in [0.15, 0.2) is 10.9 Å². The molecule has 1 aliphatic carbocycles. The number of hydrogen-bond donors (Lipinski definition) is 1. The number of halogens is 2. The van der Waals surface area contributed by atoms with Crippen LogP contribution in [0.2, 0.25) is 10.0 Å². The highest BCUT2D eigenvalue weighted by atomic mass is 35.5. The molecule has 0 aliphatic heterocycles. The summed E-state index contributed by atoms with van der Waals surface area (Å²) in [6, 6.07) is 4.86. The van der Waals surface area contributed by atoms with Gasteiger partial charge in [0, 0.05) is 6.42 Å². The smallest absolute Gasteiger partial charge is 0.259 e. The molecule has 1 amide bonds. The van der Waals surface area contributed by atoms with Crippen molar-refractivity contribution in [2.45, 2.75) is 26.7 Å². The Balaban J connectivity index is 1.86. The van der Waals surface area contributed by atoms with Gasteiger partial charge in [-0.05, 0) is 24.0 Å². The van der Waals surface area contributed by atoms with Crippen molar-refractivity contribution in [3.63, 3.8) is 0 Å². The maximum atomic E-state index is 12.3. The van der Waals surface area contributed by atoms with Gasteiger partial charge in [0.25, 0.3) is 5.91 Å². The zero-order valence-electron chi connectivity index (χ0n) is 12.6. The molecule has 120 valence electrons. The summed E-state index contributed by atoms with van der Waals surface area (Å²) in [6.07, 6.45) is 1.22. The van der Waals surface area contributed by atoms with E-state index in [1.54, 1.807) is 18.2 Å². The third-order valence-corrected chi connectivity index (χ3v) is 5.53. The second-order valence-corrected chi connectivity index (χ2v) is 8.08. The first-order valence-electron chi connectivity index (χ1n) is 7.05. The van der Waals surface area contributed by atoms with Crippen LogP contribution in [0.15, 0.2) is 18.2 Å². The largest absolute Gasteiger partial charge is 0.298 e. The maximum Gasteiger partial charge on any atom is 0.259 e. The Morgan fingerprint density at radius 3 is 2.78 bits per heavy atom. The van der Waals surface area contributed by atoms with E-state index in [9.17, 15) is 9.59 Å². The van der Waals surface area contributed by atoms with Gasteiger partial charge in [-0.3, -0.25) is 14.9 Å². The van der Waals surface area contributed by atoms with Crippen LogP contribution in [0.1, 0.15) is 46.0 Å². The summed E-state index contributed by atoms with van der Waals surface area (Å²) in [7, 11) is 0. The van der Waals surface area contributed by atoms with Crippen LogP contribution in [0.4, 0.5) is 5.13 Å². The molecule has 0 saturated heterocycles. The predicted octanol–water partition coefficient (Wildman–Crippen LogP) is 4.86. The predicted molar refractivity (Wildman–Crippen MR) is 93.0 cm³/mol. The zero-order chi connectivity index (χ0) is 16.8. The summed E-state index contributed by atoms with van der Waals surface area (Å²) >= 11 is 13.2. The van der Waals surface area contributed by atoms with E-state index < -0.39 is 5.91 Å². The average Bonchev–Trinajstić information content (AvgIpc) is 2.83. The summed E-state index contributed by atoms with van der Waals surface area (Å²) in [4.78, 5) is 29.6. The van der Waals surface area contributed by atoms with Crippen LogP contribution >= 0.6 is 34.5 Å². The monoisotopic (exact) mass is 368 g/mol. The van der Waals surface area contributed by atoms with E-state index in [4.69, 9.17) is 23.2 Å². The number of carbonyl (C=O) groups excluding carboxylic acids is 2. The third-order valence-electron chi connectivity index (χ3n) is 3.65. The van der Waals surface area contributed by atoms with Gasteiger partial charge in [0.2, 0.25) is 0 Å². The number of Topliss-reactive ketones (excluding diaryl/α,β-unsaturated/α-hetero) is 1. The Morgan fingerprint density at radius 2 is 2.04 bits per heavy atom. The Morgan fingerprint density at radius 1 is 1.30 bits per heavy atom. The highest BCUT2D eigenvalue weighted by Crippen LogP contribution is 2.38. The van der Waals surface area contributed by atoms with Gasteiger partial charge in [0.1, 0.15) is 0 Å². The number of thiazole rings is 1. The number of rotatable bonds is 2. The molecule has 0 atom stereocenters. The van der Waals surface area contributed by atoms with Crippen LogP contribution in [0.3, 0.4) is 0 Å². The van der Waals surface area contributed by atoms with Gasteiger partial charge in [-0.2, -0.15) is 0 Å². The van der Waals surface area contributed by atoms with Gasteiger partial charge in [-0.1, -0.05) is 54.5 Å². The summed E-state index contributed by atoms with van der Waals surface area (Å²) < 4.78 is 0. The van der Waals surface area contributed by atoms with Gasteiger partial charge >= 0.3 is 0 Å². The first kappa shape index (κ1) is 16.4. The van der Waals surface area contributed by atoms with Crippen molar-refractivity contribution < 1.29 is 9.59 Å². The highest BCUT2D eigenvalue weighted by Gasteiger charge is 2.34. The number of benzene rings is 1. The van der Waals surface area contributed by atoms with Crippen LogP contribution in [0, 0.1) is 5.41 Å². The molecular weight excluding hydrogens is 355 g/mol. The summed E-state index contributed by atoms with van der Waals surface area (Å²) in [5.74, 6) is -0.314. The van der Waals surface area contributed by atoms with E-state index in [-0.39, 0.29) is 21.8 Å². The van der Waals surface area contributed by atoms with Crippen molar-refractivity contribution in [3.05, 3.63) is 44.4 Å². The molecule has 0 fully saturated rings. The van der Waals surface area contributed by atoms with E-state index in [0.717, 1.165) is 12.1 Å². The van der Waals surface area contributed by atoms with Crippen LogP contribution in [0.25, 0.3) is 0 Å². The molecule has 0 unspecified atom stereocenters. The molecule has 1 aromatic heterocycles. The highest BCUT2D eigenvalue weighted by molar-refractivity contribution is 7.17. The summed E-state index contributed by atoms with van der Waals surface area (Å²) in [6.45, 7) is 4.08. The second kappa shape index (κ2) is 5.89. The number of ketones is 1. The topological polar surface area (TPSA) is 59.1 Å². The fraction of sp³-hybridized carbons (Fsp3) is 0.312. The lowest BCUT2D eigenvalue weighted by Crippen LogP contribution is -2.26. The number of fused-ring (bicyclic) bond motifs is 1. The van der Waals surface area contributed by atoms with Crippen molar-refractivity contribution in [1.29, 1.82) is 0 Å². The number of nitrogens with zero attached hydrogens (tertiary/aromatic N) is 1. The second-order valence-electron chi connectivity index (χ2n) is 6.29. The van der Waals surface area contributed by atoms with E-state index in [0.29, 0.717) is 21.5 Å². The fourth-order valence-corrected chi connectivity index (χ4v) is 3.92. The molecule has 2 aromatic rings. The number of amides is 1. The fourth-order valence-electron chi connectivity index (χ4n) is 2.62. The molecule has 7 heteroatoms. The SMILES string of the molecule is CC1(C)CC(=O)c2sc(NC(=O)c3cccc(Cl)c3Cl)nc2C1. The summed E-state index contributed by atoms with van der Waals surface area (Å²) in [5.41, 5.74) is 0.929. The standard InChI is InChI=1S/C16H14Cl2N2O2S/c1-16(2)6-10-13(11(21)7-16)23-15(19-10)20-14(22)8-4-3-5-9(17)12(8)18/h3-5H,6-7H2,1-2H3,(H,19,20,22). The number of nitrogens with one attached hydrogen (secondary N) is 1. The molecule has 1 N–H and O–H groups in total. The van der Waals surface area contributed by atoms with E-state index in [1.807, 2.05) is 13.8 Å². The molecule has 1 aromatic carbocycles. The lowest BCUT2D eigenvalue weighted by molar-refractivity contribution is 0.0915. The lowest BCUT2D eigenvalue weighted by Gasteiger charge is -2.26. The molecule has 23 heavy (non-hydrogen) atoms. The van der Waals surface area contributed by atoms with E-state index >= 15 is 0 Å². The van der Waals surface area contributed by atoms with Crippen molar-refractivity contribution in [3.8, 4) is 0 Å². The normalized spacial score (nSPS) is 16.1. The molecule has 0 radical (unpaired) electrons. The number of aromatic nitrogens is 1. The average molecular weight is 369 g/mol. The van der Waals surface area contributed by atoms with E-state index in [2.05, 4.69) is 10.3 Å². The van der Waals surface area contributed by atoms with E-state index in [1.165, 1.54) is 11.3 Å². The Kier molecular flexibility index (Phi) is 4.21. The van der Waals surface area contributed by atoms with Gasteiger partial charge < -0.3 is 0 Å². The van der Waals surface area contributed by atoms with Crippen molar-refractivity contribution in [2.24, 2.45) is 5.41 Å². The first-order chi connectivity index (χ1) is 10.8. The number of anilines is 1. The van der Waals surface area contributed by atoms with Crippen LogP contribution < -0.4 is 5.32 Å². The van der Waals surface area contributed by atoms with Gasteiger partial charge in [0.05, 0.1) is 26.2 Å². The molecule has 1 aliphatic rings. The third kappa shape index (κ3) is 3.27. The molecule has 1 heterocycles. The first-order valence-corrected chi connectivity index (χ1v) is 8.62. The Hall–Kier alpha value is -1.43. The molecule has 3 rings (SSSR count). The minimum absolute atomic E-state index is 0.0787. The number of carbonyl (C=O) groups is 2. The number of hydrogen-bond acceptors (Lipinski definition) is 4. The lowest BCUT2D eigenvalue weighted by atomic mass is 9.78.